The predicted octanol–water partition coefficient (Wildman–Crippen LogP) is 2.40. The van der Waals surface area contributed by atoms with Crippen LogP contribution in [0.2, 0.25) is 0 Å². The molecule has 1 heterocycles. The van der Waals surface area contributed by atoms with Gasteiger partial charge in [-0.3, -0.25) is 4.79 Å². The van der Waals surface area contributed by atoms with Crippen molar-refractivity contribution in [2.45, 2.75) is 13.3 Å². The lowest BCUT2D eigenvalue weighted by atomic mass is 10.1. The van der Waals surface area contributed by atoms with Gasteiger partial charge in [-0.1, -0.05) is 13.0 Å². The molecule has 0 spiro atoms. The molecule has 4 heteroatoms. The number of nitrogens with zero attached hydrogens (tertiary/aromatic N) is 1. The summed E-state index contributed by atoms with van der Waals surface area (Å²) in [6.07, 6.45) is 4.64. The number of hydrogen-bond donors (Lipinski definition) is 2. The number of nitrogens with one attached hydrogen (secondary N) is 1. The predicted molar refractivity (Wildman–Crippen MR) is 77.2 cm³/mol. The Balaban J connectivity index is 2.09. The van der Waals surface area contributed by atoms with Gasteiger partial charge in [0.2, 0.25) is 5.91 Å². The number of aromatic nitrogens is 1. The zero-order chi connectivity index (χ0) is 13.7. The van der Waals surface area contributed by atoms with Gasteiger partial charge in [-0.2, -0.15) is 0 Å². The fraction of sp³-hybridized carbons (Fsp3) is 0.267. The molecular weight excluding hydrogens is 238 g/mol. The van der Waals surface area contributed by atoms with Crippen molar-refractivity contribution in [1.82, 2.24) is 4.57 Å². The Hall–Kier alpha value is -2.07. The molecule has 1 atom stereocenters. The van der Waals surface area contributed by atoms with Crippen molar-refractivity contribution in [3.63, 3.8) is 0 Å². The summed E-state index contributed by atoms with van der Waals surface area (Å²) in [5.74, 6) is -0.0599. The van der Waals surface area contributed by atoms with Gasteiger partial charge in [0.1, 0.15) is 0 Å². The van der Waals surface area contributed by atoms with Crippen LogP contribution in [0.4, 0.5) is 5.69 Å². The van der Waals surface area contributed by atoms with Gasteiger partial charge in [0.15, 0.2) is 0 Å². The molecule has 2 rings (SSSR count). The van der Waals surface area contributed by atoms with Gasteiger partial charge in [0, 0.05) is 29.7 Å². The zero-order valence-electron chi connectivity index (χ0n) is 11.0. The summed E-state index contributed by atoms with van der Waals surface area (Å²) in [5.41, 5.74) is 7.29. The molecular formula is C15H19N3O. The number of benzene rings is 1. The summed E-state index contributed by atoms with van der Waals surface area (Å²) in [5, 5.41) is 2.92. The fourth-order valence-corrected chi connectivity index (χ4v) is 1.90. The normalized spacial score (nSPS) is 12.1. The summed E-state index contributed by atoms with van der Waals surface area (Å²) in [6, 6.07) is 11.7. The van der Waals surface area contributed by atoms with Crippen LogP contribution in [0.5, 0.6) is 0 Å². The molecule has 19 heavy (non-hydrogen) atoms. The van der Waals surface area contributed by atoms with E-state index in [1.54, 1.807) is 0 Å². The number of carbonyl (C=O) groups excluding carboxylic acids is 1. The van der Waals surface area contributed by atoms with Crippen LogP contribution in [-0.2, 0) is 4.79 Å². The minimum atomic E-state index is -0.0692. The van der Waals surface area contributed by atoms with Crippen LogP contribution in [-0.4, -0.2) is 17.0 Å². The number of carbonyl (C=O) groups is 1. The smallest absolute Gasteiger partial charge is 0.227 e. The first-order valence-corrected chi connectivity index (χ1v) is 6.45. The van der Waals surface area contributed by atoms with E-state index in [1.165, 1.54) is 0 Å². The number of anilines is 1. The van der Waals surface area contributed by atoms with Gasteiger partial charge in [0.05, 0.1) is 0 Å². The van der Waals surface area contributed by atoms with Crippen LogP contribution in [0, 0.1) is 5.92 Å². The van der Waals surface area contributed by atoms with Gasteiger partial charge >= 0.3 is 0 Å². The number of rotatable bonds is 5. The van der Waals surface area contributed by atoms with Crippen LogP contribution in [0.1, 0.15) is 13.3 Å². The maximum atomic E-state index is 11.9. The minimum Gasteiger partial charge on any atom is -0.330 e. The topological polar surface area (TPSA) is 60.1 Å². The first-order valence-electron chi connectivity index (χ1n) is 6.45. The molecule has 0 radical (unpaired) electrons. The van der Waals surface area contributed by atoms with E-state index in [4.69, 9.17) is 5.73 Å². The second kappa shape index (κ2) is 6.20. The van der Waals surface area contributed by atoms with Crippen LogP contribution < -0.4 is 11.1 Å². The Kier molecular flexibility index (Phi) is 4.36. The van der Waals surface area contributed by atoms with Crippen molar-refractivity contribution < 1.29 is 4.79 Å². The fourth-order valence-electron chi connectivity index (χ4n) is 1.90. The van der Waals surface area contributed by atoms with Gasteiger partial charge in [-0.05, 0) is 43.3 Å². The maximum Gasteiger partial charge on any atom is 0.227 e. The molecule has 0 saturated carbocycles. The molecule has 0 fully saturated rings. The van der Waals surface area contributed by atoms with Crippen LogP contribution in [0.25, 0.3) is 5.69 Å². The standard InChI is InChI=1S/C15H19N3O/c1-12(7-8-16)15(19)17-13-5-4-6-14(11-13)18-9-2-3-10-18/h2-6,9-12H,7-8,16H2,1H3,(H,17,19). The molecule has 0 saturated heterocycles. The average Bonchev–Trinajstić information content (AvgIpc) is 2.93. The van der Waals surface area contributed by atoms with E-state index in [0.717, 1.165) is 11.4 Å². The van der Waals surface area contributed by atoms with E-state index < -0.39 is 0 Å². The summed E-state index contributed by atoms with van der Waals surface area (Å²) in [4.78, 5) is 11.9. The van der Waals surface area contributed by atoms with Crippen molar-refractivity contribution in [3.8, 4) is 5.69 Å². The third-order valence-corrected chi connectivity index (χ3v) is 3.06. The van der Waals surface area contributed by atoms with Crippen LogP contribution >= 0.6 is 0 Å². The Morgan fingerprint density at radius 3 is 2.74 bits per heavy atom. The Bertz CT molecular complexity index is 534. The SMILES string of the molecule is CC(CCN)C(=O)Nc1cccc(-n2cccc2)c1. The number of nitrogens with two attached hydrogens (primary N) is 1. The van der Waals surface area contributed by atoms with E-state index in [1.807, 2.05) is 60.3 Å². The Morgan fingerprint density at radius 1 is 1.32 bits per heavy atom. The highest BCUT2D eigenvalue weighted by atomic mass is 16.1. The molecule has 2 aromatic rings. The zero-order valence-corrected chi connectivity index (χ0v) is 11.0. The van der Waals surface area contributed by atoms with E-state index in [-0.39, 0.29) is 11.8 Å². The van der Waals surface area contributed by atoms with Crippen LogP contribution in [0.15, 0.2) is 48.8 Å². The summed E-state index contributed by atoms with van der Waals surface area (Å²) < 4.78 is 2.00. The monoisotopic (exact) mass is 257 g/mol. The summed E-state index contributed by atoms with van der Waals surface area (Å²) >= 11 is 0. The summed E-state index contributed by atoms with van der Waals surface area (Å²) in [6.45, 7) is 2.41. The van der Waals surface area contributed by atoms with Gasteiger partial charge in [0.25, 0.3) is 0 Å². The highest BCUT2D eigenvalue weighted by Gasteiger charge is 2.12. The van der Waals surface area contributed by atoms with E-state index in [0.29, 0.717) is 13.0 Å². The minimum absolute atomic E-state index is 0.00936. The van der Waals surface area contributed by atoms with Gasteiger partial charge in [-0.15, -0.1) is 0 Å². The molecule has 1 amide bonds. The van der Waals surface area contributed by atoms with E-state index in [9.17, 15) is 4.79 Å². The Morgan fingerprint density at radius 2 is 2.05 bits per heavy atom. The van der Waals surface area contributed by atoms with E-state index >= 15 is 0 Å². The van der Waals surface area contributed by atoms with Gasteiger partial charge in [-0.25, -0.2) is 0 Å². The second-order valence-electron chi connectivity index (χ2n) is 4.61. The van der Waals surface area contributed by atoms with Crippen molar-refractivity contribution in [2.24, 2.45) is 11.7 Å². The quantitative estimate of drug-likeness (QED) is 0.864. The van der Waals surface area contributed by atoms with Crippen molar-refractivity contribution in [3.05, 3.63) is 48.8 Å². The van der Waals surface area contributed by atoms with Crippen molar-refractivity contribution in [2.75, 3.05) is 11.9 Å². The lowest BCUT2D eigenvalue weighted by Gasteiger charge is -2.12. The molecule has 0 bridgehead atoms. The lowest BCUT2D eigenvalue weighted by Crippen LogP contribution is -2.22. The number of amides is 1. The molecule has 0 aliphatic rings. The summed E-state index contributed by atoms with van der Waals surface area (Å²) in [7, 11) is 0. The van der Waals surface area contributed by atoms with Gasteiger partial charge < -0.3 is 15.6 Å². The first kappa shape index (κ1) is 13.4. The molecule has 1 aromatic heterocycles. The molecule has 1 unspecified atom stereocenters. The maximum absolute atomic E-state index is 11.9. The third kappa shape index (κ3) is 3.45. The van der Waals surface area contributed by atoms with E-state index in [2.05, 4.69) is 5.32 Å². The molecule has 4 nitrogen and oxygen atoms in total. The molecule has 100 valence electrons. The third-order valence-electron chi connectivity index (χ3n) is 3.06. The lowest BCUT2D eigenvalue weighted by molar-refractivity contribution is -0.119. The molecule has 0 aliphatic heterocycles. The van der Waals surface area contributed by atoms with Crippen LogP contribution in [0.3, 0.4) is 0 Å². The Labute approximate surface area is 113 Å². The highest BCUT2D eigenvalue weighted by Crippen LogP contribution is 2.16. The second-order valence-corrected chi connectivity index (χ2v) is 4.61. The molecule has 1 aromatic carbocycles. The van der Waals surface area contributed by atoms with Crippen molar-refractivity contribution >= 4 is 11.6 Å². The first-order chi connectivity index (χ1) is 9.20. The van der Waals surface area contributed by atoms with Crippen molar-refractivity contribution in [1.29, 1.82) is 0 Å². The average molecular weight is 257 g/mol. The number of hydrogen-bond acceptors (Lipinski definition) is 2. The highest BCUT2D eigenvalue weighted by molar-refractivity contribution is 5.92. The molecule has 0 aliphatic carbocycles. The molecule has 3 N–H and O–H groups in total. The largest absolute Gasteiger partial charge is 0.330 e.